The Kier molecular flexibility index (Phi) is 5.43. The van der Waals surface area contributed by atoms with Crippen LogP contribution in [-0.4, -0.2) is 46.7 Å². The highest BCUT2D eigenvalue weighted by Gasteiger charge is 2.08. The van der Waals surface area contributed by atoms with Crippen molar-refractivity contribution in [2.75, 3.05) is 19.8 Å². The van der Waals surface area contributed by atoms with E-state index >= 15 is 0 Å². The number of nitrogens with zero attached hydrogens (tertiary/aromatic N) is 2. The summed E-state index contributed by atoms with van der Waals surface area (Å²) in [5.74, 6) is -0.133. The minimum absolute atomic E-state index is 0.0479. The number of thioether (sulfide) groups is 1. The number of amides is 1. The number of aliphatic carboxylic acids is 1. The summed E-state index contributed by atoms with van der Waals surface area (Å²) in [6.45, 7) is 0. The van der Waals surface area contributed by atoms with E-state index in [1.54, 1.807) is 24.4 Å². The molecule has 1 heterocycles. The summed E-state index contributed by atoms with van der Waals surface area (Å²) in [4.78, 5) is 27.5. The van der Waals surface area contributed by atoms with Gasteiger partial charge < -0.3 is 10.0 Å². The highest BCUT2D eigenvalue weighted by Crippen LogP contribution is 2.23. The summed E-state index contributed by atoms with van der Waals surface area (Å²) in [6.07, 6.45) is 0.416. The zero-order valence-electron chi connectivity index (χ0n) is 9.67. The minimum atomic E-state index is -0.880. The van der Waals surface area contributed by atoms with Crippen LogP contribution in [0.5, 0.6) is 0 Å². The lowest BCUT2D eigenvalue weighted by atomic mass is 10.3. The standard InChI is InChI=1S/C10H14N2O3S2/c1-12(2)8(13)3-4-16-10-11-7(6-17-10)5-9(14)15/h6H,3-5H2,1-2H3,(H,14,15). The van der Waals surface area contributed by atoms with Gasteiger partial charge in [0.25, 0.3) is 0 Å². The fourth-order valence-electron chi connectivity index (χ4n) is 1.04. The second-order valence-electron chi connectivity index (χ2n) is 3.56. The summed E-state index contributed by atoms with van der Waals surface area (Å²) >= 11 is 2.90. The largest absolute Gasteiger partial charge is 0.481 e. The monoisotopic (exact) mass is 274 g/mol. The molecule has 0 bridgehead atoms. The van der Waals surface area contributed by atoms with Gasteiger partial charge in [0.2, 0.25) is 5.91 Å². The first kappa shape index (κ1) is 14.0. The lowest BCUT2D eigenvalue weighted by Crippen LogP contribution is -2.21. The average molecular weight is 274 g/mol. The molecule has 0 aromatic carbocycles. The first-order valence-corrected chi connectivity index (χ1v) is 6.84. The third kappa shape index (κ3) is 5.18. The Balaban J connectivity index is 2.35. The summed E-state index contributed by atoms with van der Waals surface area (Å²) < 4.78 is 0.813. The third-order valence-electron chi connectivity index (χ3n) is 1.90. The maximum Gasteiger partial charge on any atom is 0.309 e. The van der Waals surface area contributed by atoms with Gasteiger partial charge in [-0.1, -0.05) is 11.8 Å². The summed E-state index contributed by atoms with van der Waals surface area (Å²) in [7, 11) is 3.45. The van der Waals surface area contributed by atoms with Crippen molar-refractivity contribution in [1.82, 2.24) is 9.88 Å². The zero-order valence-corrected chi connectivity index (χ0v) is 11.3. The Labute approximate surface area is 108 Å². The van der Waals surface area contributed by atoms with Gasteiger partial charge in [-0.05, 0) is 0 Å². The number of carboxylic acid groups (broad SMARTS) is 1. The van der Waals surface area contributed by atoms with Crippen molar-refractivity contribution in [1.29, 1.82) is 0 Å². The number of carboxylic acids is 1. The van der Waals surface area contributed by atoms with Gasteiger partial charge in [-0.2, -0.15) is 0 Å². The van der Waals surface area contributed by atoms with Crippen molar-refractivity contribution in [2.45, 2.75) is 17.2 Å². The normalized spacial score (nSPS) is 10.2. The number of carbonyl (C=O) groups excluding carboxylic acids is 1. The number of rotatable bonds is 6. The van der Waals surface area contributed by atoms with Crippen LogP contribution in [0.3, 0.4) is 0 Å². The molecule has 7 heteroatoms. The first-order valence-electron chi connectivity index (χ1n) is 4.98. The van der Waals surface area contributed by atoms with Crippen molar-refractivity contribution < 1.29 is 14.7 Å². The Morgan fingerprint density at radius 1 is 1.53 bits per heavy atom. The lowest BCUT2D eigenvalue weighted by Gasteiger charge is -2.08. The molecule has 0 spiro atoms. The molecule has 0 radical (unpaired) electrons. The molecule has 1 amide bonds. The Morgan fingerprint density at radius 2 is 2.24 bits per heavy atom. The van der Waals surface area contributed by atoms with Crippen molar-refractivity contribution in [3.05, 3.63) is 11.1 Å². The molecule has 1 aromatic rings. The molecule has 0 fully saturated rings. The number of thiazole rings is 1. The quantitative estimate of drug-likeness (QED) is 0.793. The van der Waals surface area contributed by atoms with E-state index in [4.69, 9.17) is 5.11 Å². The molecule has 0 unspecified atom stereocenters. The highest BCUT2D eigenvalue weighted by atomic mass is 32.2. The molecule has 0 saturated carbocycles. The minimum Gasteiger partial charge on any atom is -0.481 e. The predicted molar refractivity (Wildman–Crippen MR) is 67.5 cm³/mol. The van der Waals surface area contributed by atoms with E-state index in [1.807, 2.05) is 0 Å². The van der Waals surface area contributed by atoms with Crippen molar-refractivity contribution >= 4 is 35.0 Å². The van der Waals surface area contributed by atoms with Crippen LogP contribution >= 0.6 is 23.1 Å². The number of hydrogen-bond donors (Lipinski definition) is 1. The maximum atomic E-state index is 11.3. The molecule has 0 aliphatic rings. The van der Waals surface area contributed by atoms with Crippen LogP contribution in [0.15, 0.2) is 9.72 Å². The Morgan fingerprint density at radius 3 is 2.82 bits per heavy atom. The van der Waals surface area contributed by atoms with Crippen molar-refractivity contribution in [3.63, 3.8) is 0 Å². The summed E-state index contributed by atoms with van der Waals surface area (Å²) in [5.41, 5.74) is 0.573. The van der Waals surface area contributed by atoms with Gasteiger partial charge in [0, 0.05) is 31.6 Å². The fraction of sp³-hybridized carbons (Fsp3) is 0.500. The van der Waals surface area contributed by atoms with E-state index in [0.717, 1.165) is 4.34 Å². The molecule has 1 rings (SSSR count). The van der Waals surface area contributed by atoms with Gasteiger partial charge in [-0.3, -0.25) is 9.59 Å². The van der Waals surface area contributed by atoms with Gasteiger partial charge >= 0.3 is 5.97 Å². The van der Waals surface area contributed by atoms with Gasteiger partial charge in [0.1, 0.15) is 4.34 Å². The zero-order chi connectivity index (χ0) is 12.8. The molecule has 5 nitrogen and oxygen atoms in total. The third-order valence-corrected chi connectivity index (χ3v) is 3.97. The lowest BCUT2D eigenvalue weighted by molar-refractivity contribution is -0.136. The van der Waals surface area contributed by atoms with Crippen LogP contribution in [0.25, 0.3) is 0 Å². The van der Waals surface area contributed by atoms with Crippen molar-refractivity contribution in [2.24, 2.45) is 0 Å². The molecule has 1 N–H and O–H groups in total. The van der Waals surface area contributed by atoms with Crippen LogP contribution in [0.4, 0.5) is 0 Å². The second kappa shape index (κ2) is 6.61. The van der Waals surface area contributed by atoms with Gasteiger partial charge in [-0.25, -0.2) is 4.98 Å². The molecule has 0 saturated heterocycles. The van der Waals surface area contributed by atoms with Crippen LogP contribution in [0.2, 0.25) is 0 Å². The average Bonchev–Trinajstić information content (AvgIpc) is 2.64. The van der Waals surface area contributed by atoms with Gasteiger partial charge in [0.05, 0.1) is 12.1 Å². The molecular weight excluding hydrogens is 260 g/mol. The van der Waals surface area contributed by atoms with E-state index in [0.29, 0.717) is 17.9 Å². The molecule has 0 aliphatic carbocycles. The van der Waals surface area contributed by atoms with Crippen LogP contribution in [-0.2, 0) is 16.0 Å². The molecule has 0 atom stereocenters. The fourth-order valence-corrected chi connectivity index (χ4v) is 2.88. The Bertz CT molecular complexity index is 404. The van der Waals surface area contributed by atoms with E-state index in [1.165, 1.54) is 23.1 Å². The van der Waals surface area contributed by atoms with E-state index < -0.39 is 5.97 Å². The van der Waals surface area contributed by atoms with Crippen molar-refractivity contribution in [3.8, 4) is 0 Å². The Hall–Kier alpha value is -1.08. The molecule has 0 aliphatic heterocycles. The predicted octanol–water partition coefficient (Wildman–Crippen LogP) is 1.34. The molecule has 1 aromatic heterocycles. The first-order chi connectivity index (χ1) is 7.99. The SMILES string of the molecule is CN(C)C(=O)CCSc1nc(CC(=O)O)cs1. The summed E-state index contributed by atoms with van der Waals surface area (Å²) in [6, 6.07) is 0. The van der Waals surface area contributed by atoms with E-state index in [9.17, 15) is 9.59 Å². The smallest absolute Gasteiger partial charge is 0.309 e. The molecule has 17 heavy (non-hydrogen) atoms. The second-order valence-corrected chi connectivity index (χ2v) is 5.76. The van der Waals surface area contributed by atoms with Gasteiger partial charge in [-0.15, -0.1) is 11.3 Å². The highest BCUT2D eigenvalue weighted by molar-refractivity contribution is 8.01. The molecular formula is C10H14N2O3S2. The number of carbonyl (C=O) groups is 2. The van der Waals surface area contributed by atoms with E-state index in [2.05, 4.69) is 4.98 Å². The van der Waals surface area contributed by atoms with Crippen LogP contribution in [0, 0.1) is 0 Å². The van der Waals surface area contributed by atoms with E-state index in [-0.39, 0.29) is 12.3 Å². The number of hydrogen-bond acceptors (Lipinski definition) is 5. The topological polar surface area (TPSA) is 70.5 Å². The van der Waals surface area contributed by atoms with Crippen LogP contribution in [0.1, 0.15) is 12.1 Å². The maximum absolute atomic E-state index is 11.3. The van der Waals surface area contributed by atoms with Crippen LogP contribution < -0.4 is 0 Å². The summed E-state index contributed by atoms with van der Waals surface area (Å²) in [5, 5.41) is 10.3. The number of aromatic nitrogens is 1. The molecule has 94 valence electrons. The van der Waals surface area contributed by atoms with Gasteiger partial charge in [0.15, 0.2) is 0 Å².